The molecular formula is C27H24N2O2S2. The second-order valence-corrected chi connectivity index (χ2v) is 9.54. The number of nitrogens with one attached hydrogen (secondary N) is 1. The van der Waals surface area contributed by atoms with Gasteiger partial charge in [0.05, 0.1) is 10.1 Å². The van der Waals surface area contributed by atoms with Gasteiger partial charge in [0.2, 0.25) is 5.91 Å². The quantitative estimate of drug-likeness (QED) is 0.275. The lowest BCUT2D eigenvalue weighted by Gasteiger charge is -2.27. The Kier molecular flexibility index (Phi) is 7.60. The molecule has 1 heterocycles. The molecule has 0 aliphatic heterocycles. The van der Waals surface area contributed by atoms with Gasteiger partial charge in [0.25, 0.3) is 5.91 Å². The minimum absolute atomic E-state index is 0.0370. The third kappa shape index (κ3) is 5.72. The van der Waals surface area contributed by atoms with E-state index in [9.17, 15) is 9.59 Å². The Balaban J connectivity index is 1.50. The zero-order chi connectivity index (χ0) is 23.0. The topological polar surface area (TPSA) is 49.4 Å². The summed E-state index contributed by atoms with van der Waals surface area (Å²) in [6.07, 6.45) is 0.691. The summed E-state index contributed by atoms with van der Waals surface area (Å²) in [5.74, 6) is -0.0802. The average Bonchev–Trinajstić information content (AvgIpc) is 3.40. The van der Waals surface area contributed by atoms with Crippen molar-refractivity contribution >= 4 is 52.0 Å². The largest absolute Gasteiger partial charge is 0.321 e. The molecule has 0 bridgehead atoms. The number of carbonyl (C=O) groups excluding carboxylic acids is 2. The van der Waals surface area contributed by atoms with Crippen molar-refractivity contribution in [2.75, 3.05) is 10.2 Å². The summed E-state index contributed by atoms with van der Waals surface area (Å²) in [5, 5.41) is 4.54. The molecule has 4 nitrogen and oxygen atoms in total. The van der Waals surface area contributed by atoms with E-state index in [1.165, 1.54) is 23.1 Å². The molecule has 4 aromatic rings. The molecule has 1 unspecified atom stereocenters. The molecule has 0 saturated carbocycles. The normalized spacial score (nSPS) is 11.5. The molecule has 1 N–H and O–H groups in total. The number of rotatable bonds is 8. The second kappa shape index (κ2) is 11.0. The van der Waals surface area contributed by atoms with E-state index >= 15 is 0 Å². The molecule has 2 amide bonds. The molecule has 0 aliphatic carbocycles. The van der Waals surface area contributed by atoms with Gasteiger partial charge in [-0.05, 0) is 66.4 Å². The van der Waals surface area contributed by atoms with Crippen molar-refractivity contribution in [3.8, 4) is 0 Å². The van der Waals surface area contributed by atoms with Crippen LogP contribution in [0.15, 0.2) is 107 Å². The molecule has 4 rings (SSSR count). The molecule has 33 heavy (non-hydrogen) atoms. The fourth-order valence-electron chi connectivity index (χ4n) is 3.39. The van der Waals surface area contributed by atoms with Crippen LogP contribution in [0, 0.1) is 0 Å². The predicted octanol–water partition coefficient (Wildman–Crippen LogP) is 7.24. The highest BCUT2D eigenvalue weighted by atomic mass is 32.2. The van der Waals surface area contributed by atoms with Crippen molar-refractivity contribution in [3.63, 3.8) is 0 Å². The van der Waals surface area contributed by atoms with Crippen molar-refractivity contribution in [2.45, 2.75) is 23.5 Å². The average molecular weight is 473 g/mol. The van der Waals surface area contributed by atoms with Gasteiger partial charge >= 0.3 is 0 Å². The van der Waals surface area contributed by atoms with Gasteiger partial charge in [-0.3, -0.25) is 14.5 Å². The number of benzene rings is 3. The van der Waals surface area contributed by atoms with Gasteiger partial charge in [-0.1, -0.05) is 49.4 Å². The number of amides is 2. The van der Waals surface area contributed by atoms with Crippen LogP contribution >= 0.6 is 23.1 Å². The molecule has 0 saturated heterocycles. The molecule has 1 atom stereocenters. The van der Waals surface area contributed by atoms with Gasteiger partial charge in [0.15, 0.2) is 0 Å². The van der Waals surface area contributed by atoms with Crippen molar-refractivity contribution in [3.05, 3.63) is 107 Å². The predicted molar refractivity (Wildman–Crippen MR) is 139 cm³/mol. The van der Waals surface area contributed by atoms with Gasteiger partial charge in [0, 0.05) is 22.0 Å². The van der Waals surface area contributed by atoms with Crippen molar-refractivity contribution in [2.24, 2.45) is 0 Å². The monoisotopic (exact) mass is 472 g/mol. The van der Waals surface area contributed by atoms with Gasteiger partial charge in [-0.25, -0.2) is 0 Å². The van der Waals surface area contributed by atoms with E-state index < -0.39 is 0 Å². The van der Waals surface area contributed by atoms with Crippen LogP contribution in [0.1, 0.15) is 23.0 Å². The van der Waals surface area contributed by atoms with Gasteiger partial charge in [-0.15, -0.1) is 23.1 Å². The number of thioether (sulfide) groups is 1. The van der Waals surface area contributed by atoms with Crippen LogP contribution in [0.4, 0.5) is 17.1 Å². The molecule has 6 heteroatoms. The summed E-state index contributed by atoms with van der Waals surface area (Å²) < 4.78 is 0. The second-order valence-electron chi connectivity index (χ2n) is 7.32. The van der Waals surface area contributed by atoms with E-state index in [0.29, 0.717) is 11.3 Å². The van der Waals surface area contributed by atoms with Gasteiger partial charge in [0.1, 0.15) is 0 Å². The number of anilines is 3. The zero-order valence-electron chi connectivity index (χ0n) is 18.2. The van der Waals surface area contributed by atoms with E-state index in [4.69, 9.17) is 0 Å². The standard InChI is InChI=1S/C27H24N2O2S2/c1-2-24(27(31)29(21-10-5-3-6-11-21)22-12-7-4-8-13-22)33-23-17-15-20(16-18-23)28-26(30)25-14-9-19-32-25/h3-19,24H,2H2,1H3,(H,28,30). The van der Waals surface area contributed by atoms with E-state index in [-0.39, 0.29) is 17.1 Å². The lowest BCUT2D eigenvalue weighted by atomic mass is 10.2. The number of hydrogen-bond acceptors (Lipinski definition) is 4. The molecular weight excluding hydrogens is 448 g/mol. The summed E-state index contributed by atoms with van der Waals surface area (Å²) in [7, 11) is 0. The van der Waals surface area contributed by atoms with Crippen molar-refractivity contribution in [1.82, 2.24) is 0 Å². The van der Waals surface area contributed by atoms with Crippen molar-refractivity contribution < 1.29 is 9.59 Å². The SMILES string of the molecule is CCC(Sc1ccc(NC(=O)c2cccs2)cc1)C(=O)N(c1ccccc1)c1ccccc1. The van der Waals surface area contributed by atoms with E-state index in [0.717, 1.165) is 22.0 Å². The highest BCUT2D eigenvalue weighted by molar-refractivity contribution is 8.00. The molecule has 166 valence electrons. The molecule has 0 radical (unpaired) electrons. The first-order valence-electron chi connectivity index (χ1n) is 10.7. The summed E-state index contributed by atoms with van der Waals surface area (Å²) in [4.78, 5) is 29.4. The highest BCUT2D eigenvalue weighted by Crippen LogP contribution is 2.33. The Morgan fingerprint density at radius 3 is 1.97 bits per heavy atom. The lowest BCUT2D eigenvalue weighted by Crippen LogP contribution is -2.34. The van der Waals surface area contributed by atoms with Crippen LogP contribution in [0.3, 0.4) is 0 Å². The molecule has 0 fully saturated rings. The Hall–Kier alpha value is -3.35. The number of nitrogens with zero attached hydrogens (tertiary/aromatic N) is 1. The molecule has 0 spiro atoms. The summed E-state index contributed by atoms with van der Waals surface area (Å²) >= 11 is 2.95. The maximum atomic E-state index is 13.7. The summed E-state index contributed by atoms with van der Waals surface area (Å²) in [5.41, 5.74) is 2.42. The molecule has 3 aromatic carbocycles. The van der Waals surface area contributed by atoms with Crippen LogP contribution in [0.2, 0.25) is 0 Å². The number of para-hydroxylation sites is 2. The maximum absolute atomic E-state index is 13.7. The Labute approximate surface area is 202 Å². The Bertz CT molecular complexity index is 1140. The highest BCUT2D eigenvalue weighted by Gasteiger charge is 2.26. The van der Waals surface area contributed by atoms with Crippen LogP contribution in [-0.4, -0.2) is 17.1 Å². The number of thiophene rings is 1. The van der Waals surface area contributed by atoms with E-state index in [1.54, 1.807) is 11.0 Å². The lowest BCUT2D eigenvalue weighted by molar-refractivity contribution is -0.117. The third-order valence-electron chi connectivity index (χ3n) is 5.03. The third-order valence-corrected chi connectivity index (χ3v) is 7.26. The van der Waals surface area contributed by atoms with Crippen LogP contribution in [0.5, 0.6) is 0 Å². The van der Waals surface area contributed by atoms with E-state index in [2.05, 4.69) is 5.32 Å². The Morgan fingerprint density at radius 2 is 1.45 bits per heavy atom. The minimum Gasteiger partial charge on any atom is -0.321 e. The van der Waals surface area contributed by atoms with Crippen LogP contribution < -0.4 is 10.2 Å². The van der Waals surface area contributed by atoms with Crippen LogP contribution in [0.25, 0.3) is 0 Å². The fraction of sp³-hybridized carbons (Fsp3) is 0.111. The fourth-order valence-corrected chi connectivity index (χ4v) is 5.01. The van der Waals surface area contributed by atoms with Gasteiger partial charge < -0.3 is 5.32 Å². The van der Waals surface area contributed by atoms with Gasteiger partial charge in [-0.2, -0.15) is 0 Å². The Morgan fingerprint density at radius 1 is 0.848 bits per heavy atom. The van der Waals surface area contributed by atoms with Crippen LogP contribution in [-0.2, 0) is 4.79 Å². The van der Waals surface area contributed by atoms with Crippen molar-refractivity contribution in [1.29, 1.82) is 0 Å². The summed E-state index contributed by atoms with van der Waals surface area (Å²) in [6.45, 7) is 2.03. The minimum atomic E-state index is -0.253. The first-order valence-corrected chi connectivity index (χ1v) is 12.5. The number of hydrogen-bond donors (Lipinski definition) is 1. The van der Waals surface area contributed by atoms with E-state index in [1.807, 2.05) is 103 Å². The molecule has 1 aromatic heterocycles. The maximum Gasteiger partial charge on any atom is 0.265 e. The smallest absolute Gasteiger partial charge is 0.265 e. The molecule has 0 aliphatic rings. The zero-order valence-corrected chi connectivity index (χ0v) is 19.8. The number of carbonyl (C=O) groups is 2. The first kappa shape index (κ1) is 22.8. The first-order chi connectivity index (χ1) is 16.2. The summed E-state index contributed by atoms with van der Waals surface area (Å²) in [6, 6.07) is 30.7.